The second kappa shape index (κ2) is 6.88. The number of terminal acetylenes is 1. The van der Waals surface area contributed by atoms with E-state index in [0.29, 0.717) is 0 Å². The molecule has 128 valence electrons. The van der Waals surface area contributed by atoms with E-state index in [1.165, 1.54) is 0 Å². The van der Waals surface area contributed by atoms with Crippen LogP contribution in [0.5, 0.6) is 0 Å². The highest BCUT2D eigenvalue weighted by atomic mass is 16.6. The molecule has 1 fully saturated rings. The van der Waals surface area contributed by atoms with Gasteiger partial charge in [-0.1, -0.05) is 0 Å². The van der Waals surface area contributed by atoms with Crippen LogP contribution in [0.4, 0.5) is 4.79 Å². The van der Waals surface area contributed by atoms with Gasteiger partial charge in [-0.15, -0.1) is 12.3 Å². The number of carbonyl (C=O) groups is 1. The van der Waals surface area contributed by atoms with Crippen LogP contribution in [0.2, 0.25) is 0 Å². The number of ether oxygens (including phenoxy) is 1. The van der Waals surface area contributed by atoms with E-state index in [2.05, 4.69) is 21.0 Å². The van der Waals surface area contributed by atoms with Crippen molar-refractivity contribution in [2.45, 2.75) is 63.8 Å². The summed E-state index contributed by atoms with van der Waals surface area (Å²) in [6.07, 6.45) is 8.52. The van der Waals surface area contributed by atoms with Crippen molar-refractivity contribution in [3.63, 3.8) is 0 Å². The first kappa shape index (κ1) is 17.7. The summed E-state index contributed by atoms with van der Waals surface area (Å²) in [5.74, 6) is 2.65. The number of likely N-dealkylation sites (tertiary alicyclic amines) is 1. The first-order valence-corrected chi connectivity index (χ1v) is 8.30. The second-order valence-electron chi connectivity index (χ2n) is 7.47. The minimum absolute atomic E-state index is 0.208. The summed E-state index contributed by atoms with van der Waals surface area (Å²) >= 11 is 0. The van der Waals surface area contributed by atoms with Crippen LogP contribution in [0.3, 0.4) is 0 Å². The molecule has 0 saturated carbocycles. The summed E-state index contributed by atoms with van der Waals surface area (Å²) in [6.45, 7) is 8.47. The summed E-state index contributed by atoms with van der Waals surface area (Å²) < 4.78 is 5.44. The van der Waals surface area contributed by atoms with Crippen molar-refractivity contribution in [3.05, 3.63) is 0 Å². The Labute approximate surface area is 139 Å². The van der Waals surface area contributed by atoms with Crippen LogP contribution >= 0.6 is 0 Å². The molecule has 0 aromatic heterocycles. The fraction of sp³-hybridized carbons (Fsp3) is 0.824. The average molecular weight is 320 g/mol. The van der Waals surface area contributed by atoms with Crippen molar-refractivity contribution < 1.29 is 9.53 Å². The molecule has 2 aliphatic heterocycles. The Kier molecular flexibility index (Phi) is 5.30. The Balaban J connectivity index is 1.73. The predicted molar refractivity (Wildman–Crippen MR) is 89.1 cm³/mol. The maximum absolute atomic E-state index is 12.1. The average Bonchev–Trinajstić information content (AvgIpc) is 3.08. The number of hydrogen-bond donors (Lipinski definition) is 0. The smallest absolute Gasteiger partial charge is 0.410 e. The lowest BCUT2D eigenvalue weighted by molar-refractivity contribution is 0.0228. The van der Waals surface area contributed by atoms with Crippen LogP contribution in [0, 0.1) is 12.3 Å². The molecule has 2 rings (SSSR count). The third kappa shape index (κ3) is 5.21. The fourth-order valence-corrected chi connectivity index (χ4v) is 2.82. The first-order valence-electron chi connectivity index (χ1n) is 8.30. The summed E-state index contributed by atoms with van der Waals surface area (Å²) in [4.78, 5) is 16.2. The van der Waals surface area contributed by atoms with E-state index in [9.17, 15) is 4.79 Å². The maximum atomic E-state index is 12.1. The maximum Gasteiger partial charge on any atom is 0.410 e. The van der Waals surface area contributed by atoms with Crippen molar-refractivity contribution in [1.29, 1.82) is 0 Å². The van der Waals surface area contributed by atoms with Crippen LogP contribution in [-0.2, 0) is 4.74 Å². The lowest BCUT2D eigenvalue weighted by atomic mass is 10.0. The van der Waals surface area contributed by atoms with Gasteiger partial charge in [-0.05, 0) is 27.2 Å². The zero-order chi connectivity index (χ0) is 17.1. The van der Waals surface area contributed by atoms with E-state index in [-0.39, 0.29) is 17.8 Å². The molecule has 2 aliphatic rings. The van der Waals surface area contributed by atoms with Gasteiger partial charge in [0.05, 0.1) is 0 Å². The molecule has 1 unspecified atom stereocenters. The Hall–Kier alpha value is -1.61. The monoisotopic (exact) mass is 320 g/mol. The number of hydrogen-bond acceptors (Lipinski definition) is 5. The molecule has 23 heavy (non-hydrogen) atoms. The van der Waals surface area contributed by atoms with Crippen LogP contribution in [0.1, 0.15) is 46.5 Å². The molecule has 1 amide bonds. The first-order chi connectivity index (χ1) is 10.7. The Morgan fingerprint density at radius 2 is 2.13 bits per heavy atom. The second-order valence-corrected chi connectivity index (χ2v) is 7.47. The number of amides is 1. The Morgan fingerprint density at radius 1 is 1.43 bits per heavy atom. The van der Waals surface area contributed by atoms with E-state index in [1.807, 2.05) is 27.8 Å². The standard InChI is InChI=1S/C17H28N4O2/c1-6-7-9-17(18-19-17)10-12-21-11-8-14(13-21)20(5)15(22)23-16(2,3)4/h1,14H,7-13H2,2-5H3. The van der Waals surface area contributed by atoms with Gasteiger partial charge in [-0.2, -0.15) is 10.2 Å². The fourth-order valence-electron chi connectivity index (χ4n) is 2.82. The zero-order valence-corrected chi connectivity index (χ0v) is 14.7. The van der Waals surface area contributed by atoms with Crippen LogP contribution < -0.4 is 0 Å². The van der Waals surface area contributed by atoms with Crippen molar-refractivity contribution in [2.75, 3.05) is 26.7 Å². The van der Waals surface area contributed by atoms with Gasteiger partial charge < -0.3 is 14.5 Å². The predicted octanol–water partition coefficient (Wildman–Crippen LogP) is 2.89. The molecule has 6 heteroatoms. The third-order valence-electron chi connectivity index (χ3n) is 4.36. The summed E-state index contributed by atoms with van der Waals surface area (Å²) in [5, 5.41) is 8.35. The molecule has 0 bridgehead atoms. The Bertz CT molecular complexity index is 498. The van der Waals surface area contributed by atoms with E-state index < -0.39 is 5.60 Å². The highest BCUT2D eigenvalue weighted by Gasteiger charge is 2.40. The molecule has 0 radical (unpaired) electrons. The highest BCUT2D eigenvalue weighted by Crippen LogP contribution is 2.37. The molecule has 6 nitrogen and oxygen atoms in total. The van der Waals surface area contributed by atoms with Gasteiger partial charge in [-0.25, -0.2) is 4.79 Å². The van der Waals surface area contributed by atoms with Gasteiger partial charge in [0.25, 0.3) is 0 Å². The largest absolute Gasteiger partial charge is 0.444 e. The molecular weight excluding hydrogens is 292 g/mol. The normalized spacial score (nSPS) is 22.7. The number of rotatable bonds is 6. The van der Waals surface area contributed by atoms with Crippen molar-refractivity contribution in [3.8, 4) is 12.3 Å². The summed E-state index contributed by atoms with van der Waals surface area (Å²) in [7, 11) is 1.82. The molecule has 0 aromatic carbocycles. The molecular formula is C17H28N4O2. The minimum Gasteiger partial charge on any atom is -0.444 e. The zero-order valence-electron chi connectivity index (χ0n) is 14.7. The van der Waals surface area contributed by atoms with E-state index >= 15 is 0 Å². The van der Waals surface area contributed by atoms with Crippen LogP contribution in [0.25, 0.3) is 0 Å². The quantitative estimate of drug-likeness (QED) is 0.707. The molecule has 2 heterocycles. The van der Waals surface area contributed by atoms with Gasteiger partial charge in [0, 0.05) is 52.0 Å². The van der Waals surface area contributed by atoms with Crippen LogP contribution in [0.15, 0.2) is 10.2 Å². The topological polar surface area (TPSA) is 57.5 Å². The molecule has 0 aromatic rings. The van der Waals surface area contributed by atoms with E-state index in [1.54, 1.807) is 4.90 Å². The molecule has 0 spiro atoms. The van der Waals surface area contributed by atoms with E-state index in [4.69, 9.17) is 11.2 Å². The van der Waals surface area contributed by atoms with Gasteiger partial charge in [-0.3, -0.25) is 0 Å². The summed E-state index contributed by atoms with van der Waals surface area (Å²) in [6, 6.07) is 0.208. The number of likely N-dealkylation sites (N-methyl/N-ethyl adjacent to an activating group) is 1. The van der Waals surface area contributed by atoms with Crippen molar-refractivity contribution in [2.24, 2.45) is 10.2 Å². The van der Waals surface area contributed by atoms with Gasteiger partial charge >= 0.3 is 6.09 Å². The van der Waals surface area contributed by atoms with Gasteiger partial charge in [0.15, 0.2) is 5.66 Å². The molecule has 1 atom stereocenters. The third-order valence-corrected chi connectivity index (χ3v) is 4.36. The SMILES string of the molecule is C#CCCC1(CCN2CCC(N(C)C(=O)OC(C)(C)C)C2)N=N1. The van der Waals surface area contributed by atoms with Crippen molar-refractivity contribution >= 4 is 6.09 Å². The number of carbonyl (C=O) groups excluding carboxylic acids is 1. The molecule has 1 saturated heterocycles. The molecule has 0 aliphatic carbocycles. The molecule has 0 N–H and O–H groups in total. The minimum atomic E-state index is -0.456. The van der Waals surface area contributed by atoms with Crippen molar-refractivity contribution in [1.82, 2.24) is 9.80 Å². The van der Waals surface area contributed by atoms with Gasteiger partial charge in [0.2, 0.25) is 0 Å². The lowest BCUT2D eigenvalue weighted by Gasteiger charge is -2.28. The highest BCUT2D eigenvalue weighted by molar-refractivity contribution is 5.68. The lowest BCUT2D eigenvalue weighted by Crippen LogP contribution is -2.42. The van der Waals surface area contributed by atoms with Crippen LogP contribution in [-0.4, -0.2) is 59.9 Å². The number of nitrogens with zero attached hydrogens (tertiary/aromatic N) is 4. The van der Waals surface area contributed by atoms with E-state index in [0.717, 1.165) is 45.3 Å². The van der Waals surface area contributed by atoms with Gasteiger partial charge in [0.1, 0.15) is 5.60 Å². The summed E-state index contributed by atoms with van der Waals surface area (Å²) in [5.41, 5.74) is -0.677. The Morgan fingerprint density at radius 3 is 2.70 bits per heavy atom.